The van der Waals surface area contributed by atoms with Crippen molar-refractivity contribution < 1.29 is 14.3 Å². The molecule has 0 bridgehead atoms. The van der Waals surface area contributed by atoms with Gasteiger partial charge in [-0.25, -0.2) is 9.78 Å². The van der Waals surface area contributed by atoms with Crippen molar-refractivity contribution in [3.05, 3.63) is 65.9 Å². The highest BCUT2D eigenvalue weighted by Crippen LogP contribution is 2.26. The van der Waals surface area contributed by atoms with Crippen LogP contribution < -0.4 is 0 Å². The van der Waals surface area contributed by atoms with Gasteiger partial charge >= 0.3 is 5.97 Å². The molecule has 4 nitrogen and oxygen atoms in total. The number of benzene rings is 2. The number of aromatic carboxylic acids is 1. The molecule has 0 spiro atoms. The highest BCUT2D eigenvalue weighted by atomic mass is 16.4. The van der Waals surface area contributed by atoms with E-state index in [9.17, 15) is 4.79 Å². The summed E-state index contributed by atoms with van der Waals surface area (Å²) < 4.78 is 5.74. The predicted octanol–water partition coefficient (Wildman–Crippen LogP) is 4.02. The zero-order valence-electron chi connectivity index (χ0n) is 11.4. The molecule has 4 heteroatoms. The fraction of sp³-hybridized carbons (Fsp3) is 0.0588. The summed E-state index contributed by atoms with van der Waals surface area (Å²) in [6, 6.07) is 14.4. The van der Waals surface area contributed by atoms with E-state index >= 15 is 0 Å². The van der Waals surface area contributed by atoms with E-state index in [4.69, 9.17) is 9.52 Å². The Balaban J connectivity index is 1.90. The van der Waals surface area contributed by atoms with Crippen molar-refractivity contribution in [3.8, 4) is 22.8 Å². The molecule has 0 saturated carbocycles. The molecule has 0 fully saturated rings. The summed E-state index contributed by atoms with van der Waals surface area (Å²) in [4.78, 5) is 15.1. The lowest BCUT2D eigenvalue weighted by Crippen LogP contribution is -1.94. The first-order chi connectivity index (χ1) is 10.1. The molecule has 2 aromatic carbocycles. The first kappa shape index (κ1) is 13.1. The van der Waals surface area contributed by atoms with Gasteiger partial charge in [-0.2, -0.15) is 0 Å². The standard InChI is InChI=1S/C17H13NO3/c1-11-2-4-12(5-3-11)15-10-18-16(21-15)13-6-8-14(9-7-13)17(19)20/h2-10H,1H3,(H,19,20). The SMILES string of the molecule is Cc1ccc(-c2cnc(-c3ccc(C(=O)O)cc3)o2)cc1. The Hall–Kier alpha value is -2.88. The lowest BCUT2D eigenvalue weighted by Gasteiger charge is -1.98. The summed E-state index contributed by atoms with van der Waals surface area (Å²) in [7, 11) is 0. The van der Waals surface area contributed by atoms with Gasteiger partial charge in [0.05, 0.1) is 11.8 Å². The maximum atomic E-state index is 10.8. The molecule has 1 heterocycles. The fourth-order valence-electron chi connectivity index (χ4n) is 2.01. The molecule has 3 rings (SSSR count). The number of rotatable bonds is 3. The van der Waals surface area contributed by atoms with Crippen LogP contribution in [0.4, 0.5) is 0 Å². The molecule has 3 aromatic rings. The molecule has 1 N–H and O–H groups in total. The molecule has 0 radical (unpaired) electrons. The summed E-state index contributed by atoms with van der Waals surface area (Å²) in [5, 5.41) is 8.88. The number of hydrogen-bond donors (Lipinski definition) is 1. The van der Waals surface area contributed by atoms with Crippen LogP contribution in [-0.4, -0.2) is 16.1 Å². The number of oxazole rings is 1. The van der Waals surface area contributed by atoms with Gasteiger partial charge < -0.3 is 9.52 Å². The lowest BCUT2D eigenvalue weighted by atomic mass is 10.1. The number of hydrogen-bond acceptors (Lipinski definition) is 3. The van der Waals surface area contributed by atoms with E-state index in [1.807, 2.05) is 31.2 Å². The van der Waals surface area contributed by atoms with Gasteiger partial charge in [0.25, 0.3) is 0 Å². The van der Waals surface area contributed by atoms with Crippen LogP contribution in [0.3, 0.4) is 0 Å². The molecule has 0 saturated heterocycles. The Bertz CT molecular complexity index is 771. The number of aryl methyl sites for hydroxylation is 1. The zero-order chi connectivity index (χ0) is 14.8. The van der Waals surface area contributed by atoms with Crippen molar-refractivity contribution in [2.75, 3.05) is 0 Å². The molecule has 21 heavy (non-hydrogen) atoms. The molecular weight excluding hydrogens is 266 g/mol. The Kier molecular flexibility index (Phi) is 3.28. The second-order valence-electron chi connectivity index (χ2n) is 4.78. The van der Waals surface area contributed by atoms with Crippen LogP contribution in [-0.2, 0) is 0 Å². The summed E-state index contributed by atoms with van der Waals surface area (Å²) >= 11 is 0. The van der Waals surface area contributed by atoms with Crippen LogP contribution in [0.2, 0.25) is 0 Å². The Morgan fingerprint density at radius 2 is 1.62 bits per heavy atom. The number of carboxylic acid groups (broad SMARTS) is 1. The van der Waals surface area contributed by atoms with Crippen LogP contribution in [0.5, 0.6) is 0 Å². The van der Waals surface area contributed by atoms with Gasteiger partial charge in [0.2, 0.25) is 5.89 Å². The average molecular weight is 279 g/mol. The van der Waals surface area contributed by atoms with Crippen LogP contribution in [0.15, 0.2) is 59.1 Å². The van der Waals surface area contributed by atoms with Crippen molar-refractivity contribution in [1.82, 2.24) is 4.98 Å². The van der Waals surface area contributed by atoms with Gasteiger partial charge in [-0.1, -0.05) is 29.8 Å². The normalized spacial score (nSPS) is 10.5. The van der Waals surface area contributed by atoms with E-state index in [-0.39, 0.29) is 5.56 Å². The van der Waals surface area contributed by atoms with Gasteiger partial charge in [-0.3, -0.25) is 0 Å². The van der Waals surface area contributed by atoms with Gasteiger partial charge in [-0.05, 0) is 31.2 Å². The molecule has 0 aliphatic carbocycles. The van der Waals surface area contributed by atoms with Gasteiger partial charge in [0.1, 0.15) is 0 Å². The molecule has 0 atom stereocenters. The van der Waals surface area contributed by atoms with Gasteiger partial charge in [0.15, 0.2) is 5.76 Å². The second kappa shape index (κ2) is 5.25. The topological polar surface area (TPSA) is 63.3 Å². The third-order valence-corrected chi connectivity index (χ3v) is 3.22. The van der Waals surface area contributed by atoms with Crippen molar-refractivity contribution in [2.24, 2.45) is 0 Å². The van der Waals surface area contributed by atoms with E-state index in [1.165, 1.54) is 17.7 Å². The van der Waals surface area contributed by atoms with E-state index in [0.29, 0.717) is 11.7 Å². The molecule has 0 aliphatic rings. The zero-order valence-corrected chi connectivity index (χ0v) is 11.4. The van der Waals surface area contributed by atoms with Crippen LogP contribution in [0.1, 0.15) is 15.9 Å². The Morgan fingerprint density at radius 3 is 2.24 bits per heavy atom. The first-order valence-electron chi connectivity index (χ1n) is 6.50. The molecule has 0 unspecified atom stereocenters. The van der Waals surface area contributed by atoms with E-state index < -0.39 is 5.97 Å². The highest BCUT2D eigenvalue weighted by Gasteiger charge is 2.09. The van der Waals surface area contributed by atoms with Crippen LogP contribution in [0, 0.1) is 6.92 Å². The number of nitrogens with zero attached hydrogens (tertiary/aromatic N) is 1. The third kappa shape index (κ3) is 2.69. The first-order valence-corrected chi connectivity index (χ1v) is 6.50. The largest absolute Gasteiger partial charge is 0.478 e. The molecule has 0 amide bonds. The Morgan fingerprint density at radius 1 is 1.00 bits per heavy atom. The minimum absolute atomic E-state index is 0.240. The van der Waals surface area contributed by atoms with Crippen molar-refractivity contribution >= 4 is 5.97 Å². The quantitative estimate of drug-likeness (QED) is 0.786. The fourth-order valence-corrected chi connectivity index (χ4v) is 2.01. The lowest BCUT2D eigenvalue weighted by molar-refractivity contribution is 0.0697. The third-order valence-electron chi connectivity index (χ3n) is 3.22. The Labute approximate surface area is 121 Å². The van der Waals surface area contributed by atoms with E-state index in [0.717, 1.165) is 11.1 Å². The maximum Gasteiger partial charge on any atom is 0.335 e. The molecule has 1 aromatic heterocycles. The summed E-state index contributed by atoms with van der Waals surface area (Å²) in [6.45, 7) is 2.03. The van der Waals surface area contributed by atoms with E-state index in [2.05, 4.69) is 4.98 Å². The minimum atomic E-state index is -0.950. The number of carboxylic acids is 1. The number of carbonyl (C=O) groups is 1. The molecular formula is C17H13NO3. The molecule has 104 valence electrons. The average Bonchev–Trinajstić information content (AvgIpc) is 2.98. The maximum absolute atomic E-state index is 10.8. The van der Waals surface area contributed by atoms with Crippen LogP contribution in [0.25, 0.3) is 22.8 Å². The molecule has 0 aliphatic heterocycles. The van der Waals surface area contributed by atoms with Crippen molar-refractivity contribution in [3.63, 3.8) is 0 Å². The number of aromatic nitrogens is 1. The highest BCUT2D eigenvalue weighted by molar-refractivity contribution is 5.88. The van der Waals surface area contributed by atoms with Crippen LogP contribution >= 0.6 is 0 Å². The smallest absolute Gasteiger partial charge is 0.335 e. The summed E-state index contributed by atoms with van der Waals surface area (Å²) in [6.07, 6.45) is 1.67. The van der Waals surface area contributed by atoms with Crippen molar-refractivity contribution in [1.29, 1.82) is 0 Å². The second-order valence-corrected chi connectivity index (χ2v) is 4.78. The monoisotopic (exact) mass is 279 g/mol. The predicted molar refractivity (Wildman–Crippen MR) is 79.1 cm³/mol. The van der Waals surface area contributed by atoms with Gasteiger partial charge in [0, 0.05) is 11.1 Å². The summed E-state index contributed by atoms with van der Waals surface area (Å²) in [5.74, 6) is 0.212. The summed E-state index contributed by atoms with van der Waals surface area (Å²) in [5.41, 5.74) is 3.13. The minimum Gasteiger partial charge on any atom is -0.478 e. The van der Waals surface area contributed by atoms with Crippen molar-refractivity contribution in [2.45, 2.75) is 6.92 Å². The van der Waals surface area contributed by atoms with Gasteiger partial charge in [-0.15, -0.1) is 0 Å². The van der Waals surface area contributed by atoms with E-state index in [1.54, 1.807) is 18.3 Å².